The number of ether oxygens (including phenoxy) is 1. The summed E-state index contributed by atoms with van der Waals surface area (Å²) >= 11 is 0. The molecule has 4 nitrogen and oxygen atoms in total. The van der Waals surface area contributed by atoms with Crippen LogP contribution in [0, 0.1) is 11.8 Å². The molecule has 2 rings (SSSR count). The van der Waals surface area contributed by atoms with Crippen molar-refractivity contribution in [1.82, 2.24) is 10.6 Å². The van der Waals surface area contributed by atoms with Crippen LogP contribution >= 0.6 is 0 Å². The molecular weight excluding hydrogens is 297 g/mol. The van der Waals surface area contributed by atoms with Crippen LogP contribution in [0.3, 0.4) is 0 Å². The number of piperidine rings is 1. The van der Waals surface area contributed by atoms with Crippen LogP contribution in [0.25, 0.3) is 0 Å². The van der Waals surface area contributed by atoms with E-state index in [-0.39, 0.29) is 19.7 Å². The standard InChI is InChI=1S/C15H19F3N2O2/c16-15(17,18)13-9-19-7-6-12(13)8-20-14(21)22-10-11-4-2-1-3-5-11/h1-5,12-13,19H,6-10H2,(H,20,21)/t12-,13-/m0/s1. The fourth-order valence-corrected chi connectivity index (χ4v) is 2.53. The molecule has 1 aromatic carbocycles. The van der Waals surface area contributed by atoms with Crippen LogP contribution in [-0.4, -0.2) is 31.9 Å². The van der Waals surface area contributed by atoms with Crippen LogP contribution in [0.1, 0.15) is 12.0 Å². The summed E-state index contributed by atoms with van der Waals surface area (Å²) < 4.78 is 43.7. The van der Waals surface area contributed by atoms with E-state index < -0.39 is 24.1 Å². The van der Waals surface area contributed by atoms with Gasteiger partial charge in [-0.15, -0.1) is 0 Å². The van der Waals surface area contributed by atoms with Crippen molar-refractivity contribution in [2.24, 2.45) is 11.8 Å². The minimum Gasteiger partial charge on any atom is -0.445 e. The van der Waals surface area contributed by atoms with E-state index in [1.807, 2.05) is 18.2 Å². The van der Waals surface area contributed by atoms with Crippen molar-refractivity contribution in [3.8, 4) is 0 Å². The van der Waals surface area contributed by atoms with Crippen molar-refractivity contribution >= 4 is 6.09 Å². The normalized spacial score (nSPS) is 22.1. The number of rotatable bonds is 4. The van der Waals surface area contributed by atoms with Crippen LogP contribution in [-0.2, 0) is 11.3 Å². The molecule has 1 heterocycles. The molecule has 1 amide bonds. The van der Waals surface area contributed by atoms with E-state index in [1.54, 1.807) is 12.1 Å². The Labute approximate surface area is 127 Å². The van der Waals surface area contributed by atoms with Gasteiger partial charge in [0.2, 0.25) is 0 Å². The van der Waals surface area contributed by atoms with Gasteiger partial charge in [0.05, 0.1) is 5.92 Å². The first-order valence-corrected chi connectivity index (χ1v) is 7.19. The monoisotopic (exact) mass is 316 g/mol. The van der Waals surface area contributed by atoms with E-state index in [4.69, 9.17) is 4.74 Å². The van der Waals surface area contributed by atoms with E-state index in [1.165, 1.54) is 0 Å². The average Bonchev–Trinajstić information content (AvgIpc) is 2.51. The smallest absolute Gasteiger partial charge is 0.407 e. The highest BCUT2D eigenvalue weighted by Gasteiger charge is 2.45. The third kappa shape index (κ3) is 4.91. The molecule has 0 spiro atoms. The van der Waals surface area contributed by atoms with E-state index in [0.717, 1.165) is 5.56 Å². The molecule has 0 aromatic heterocycles. The Morgan fingerprint density at radius 2 is 2.05 bits per heavy atom. The predicted molar refractivity (Wildman–Crippen MR) is 75.2 cm³/mol. The topological polar surface area (TPSA) is 50.4 Å². The second kappa shape index (κ2) is 7.49. The van der Waals surface area contributed by atoms with Crippen LogP contribution in [0.2, 0.25) is 0 Å². The maximum atomic E-state index is 12.9. The second-order valence-electron chi connectivity index (χ2n) is 5.34. The Morgan fingerprint density at radius 1 is 1.32 bits per heavy atom. The van der Waals surface area contributed by atoms with Crippen molar-refractivity contribution in [3.05, 3.63) is 35.9 Å². The predicted octanol–water partition coefficient (Wildman–Crippen LogP) is 2.70. The SMILES string of the molecule is O=C(NC[C@@H]1CCNC[C@@H]1C(F)(F)F)OCc1ccccc1. The zero-order chi connectivity index (χ0) is 16.0. The van der Waals surface area contributed by atoms with Gasteiger partial charge >= 0.3 is 12.3 Å². The number of hydrogen-bond donors (Lipinski definition) is 2. The Kier molecular flexibility index (Phi) is 5.65. The van der Waals surface area contributed by atoms with E-state index in [0.29, 0.717) is 13.0 Å². The lowest BCUT2D eigenvalue weighted by Crippen LogP contribution is -2.48. The lowest BCUT2D eigenvalue weighted by Gasteiger charge is -2.33. The van der Waals surface area contributed by atoms with Crippen molar-refractivity contribution in [2.75, 3.05) is 19.6 Å². The van der Waals surface area contributed by atoms with Gasteiger partial charge in [-0.05, 0) is 24.4 Å². The van der Waals surface area contributed by atoms with Crippen LogP contribution in [0.5, 0.6) is 0 Å². The number of benzene rings is 1. The van der Waals surface area contributed by atoms with E-state index >= 15 is 0 Å². The van der Waals surface area contributed by atoms with Crippen LogP contribution in [0.15, 0.2) is 30.3 Å². The summed E-state index contributed by atoms with van der Waals surface area (Å²) in [6, 6.07) is 9.09. The second-order valence-corrected chi connectivity index (χ2v) is 5.34. The summed E-state index contributed by atoms with van der Waals surface area (Å²) in [5, 5.41) is 5.18. The fraction of sp³-hybridized carbons (Fsp3) is 0.533. The zero-order valence-electron chi connectivity index (χ0n) is 12.0. The highest BCUT2D eigenvalue weighted by atomic mass is 19.4. The summed E-state index contributed by atoms with van der Waals surface area (Å²) in [7, 11) is 0. The molecule has 0 bridgehead atoms. The molecule has 122 valence electrons. The molecule has 1 aliphatic rings. The lowest BCUT2D eigenvalue weighted by molar-refractivity contribution is -0.191. The molecule has 7 heteroatoms. The summed E-state index contributed by atoms with van der Waals surface area (Å²) in [4.78, 5) is 11.6. The molecule has 0 radical (unpaired) electrons. The molecular formula is C15H19F3N2O2. The van der Waals surface area contributed by atoms with Gasteiger partial charge in [-0.2, -0.15) is 13.2 Å². The third-order valence-corrected chi connectivity index (χ3v) is 3.77. The Balaban J connectivity index is 1.77. The van der Waals surface area contributed by atoms with E-state index in [2.05, 4.69) is 10.6 Å². The van der Waals surface area contributed by atoms with Gasteiger partial charge in [0.25, 0.3) is 0 Å². The van der Waals surface area contributed by atoms with Gasteiger partial charge < -0.3 is 15.4 Å². The Morgan fingerprint density at radius 3 is 2.73 bits per heavy atom. The quantitative estimate of drug-likeness (QED) is 0.898. The average molecular weight is 316 g/mol. The van der Waals surface area contributed by atoms with E-state index in [9.17, 15) is 18.0 Å². The summed E-state index contributed by atoms with van der Waals surface area (Å²) in [6.45, 7) is 0.494. The number of carbonyl (C=O) groups is 1. The molecule has 0 saturated carbocycles. The zero-order valence-corrected chi connectivity index (χ0v) is 12.0. The molecule has 1 aliphatic heterocycles. The maximum absolute atomic E-state index is 12.9. The van der Waals surface area contributed by atoms with Gasteiger partial charge in [0.1, 0.15) is 6.61 Å². The third-order valence-electron chi connectivity index (χ3n) is 3.77. The van der Waals surface area contributed by atoms with Crippen molar-refractivity contribution in [3.63, 3.8) is 0 Å². The summed E-state index contributed by atoms with van der Waals surface area (Å²) in [6.07, 6.45) is -4.57. The van der Waals surface area contributed by atoms with Gasteiger partial charge in [0, 0.05) is 13.1 Å². The molecule has 2 atom stereocenters. The maximum Gasteiger partial charge on any atom is 0.407 e. The van der Waals surface area contributed by atoms with Crippen molar-refractivity contribution in [2.45, 2.75) is 19.2 Å². The largest absolute Gasteiger partial charge is 0.445 e. The fourth-order valence-electron chi connectivity index (χ4n) is 2.53. The van der Waals surface area contributed by atoms with Gasteiger partial charge in [-0.25, -0.2) is 4.79 Å². The number of nitrogens with one attached hydrogen (secondary N) is 2. The molecule has 1 fully saturated rings. The first kappa shape index (κ1) is 16.6. The van der Waals surface area contributed by atoms with Crippen LogP contribution < -0.4 is 10.6 Å². The first-order valence-electron chi connectivity index (χ1n) is 7.19. The number of halogens is 3. The molecule has 0 unspecified atom stereocenters. The molecule has 0 aliphatic carbocycles. The highest BCUT2D eigenvalue weighted by Crippen LogP contribution is 2.34. The lowest BCUT2D eigenvalue weighted by atomic mass is 9.86. The number of hydrogen-bond acceptors (Lipinski definition) is 3. The summed E-state index contributed by atoms with van der Waals surface area (Å²) in [5.74, 6) is -2.05. The molecule has 1 aromatic rings. The van der Waals surface area contributed by atoms with Crippen LogP contribution in [0.4, 0.5) is 18.0 Å². The Bertz CT molecular complexity index is 479. The number of carbonyl (C=O) groups excluding carboxylic acids is 1. The highest BCUT2D eigenvalue weighted by molar-refractivity contribution is 5.67. The van der Waals surface area contributed by atoms with Crippen molar-refractivity contribution < 1.29 is 22.7 Å². The summed E-state index contributed by atoms with van der Waals surface area (Å²) in [5.41, 5.74) is 0.827. The first-order chi connectivity index (χ1) is 10.5. The Hall–Kier alpha value is -1.76. The van der Waals surface area contributed by atoms with Gasteiger partial charge in [-0.3, -0.25) is 0 Å². The van der Waals surface area contributed by atoms with Gasteiger partial charge in [0.15, 0.2) is 0 Å². The number of amides is 1. The van der Waals surface area contributed by atoms with Crippen molar-refractivity contribution in [1.29, 1.82) is 0 Å². The molecule has 22 heavy (non-hydrogen) atoms. The minimum absolute atomic E-state index is 0.0283. The number of alkyl carbamates (subject to hydrolysis) is 1. The molecule has 2 N–H and O–H groups in total. The minimum atomic E-state index is -4.26. The number of alkyl halides is 3. The van der Waals surface area contributed by atoms with Gasteiger partial charge in [-0.1, -0.05) is 30.3 Å². The molecule has 1 saturated heterocycles.